The average Bonchev–Trinajstić information content (AvgIpc) is 3.30. The minimum absolute atomic E-state index is 0.0144. The number of urea groups is 1. The molecule has 0 aromatic heterocycles. The van der Waals surface area contributed by atoms with Gasteiger partial charge in [-0.15, -0.1) is 11.8 Å². The van der Waals surface area contributed by atoms with Crippen LogP contribution in [0.4, 0.5) is 10.5 Å². The normalized spacial score (nSPS) is 18.4. The third-order valence-electron chi connectivity index (χ3n) is 4.66. The molecule has 1 unspecified atom stereocenters. The van der Waals surface area contributed by atoms with Gasteiger partial charge in [-0.3, -0.25) is 0 Å². The van der Waals surface area contributed by atoms with E-state index in [9.17, 15) is 4.79 Å². The number of benzene rings is 2. The molecule has 2 aromatic carbocycles. The molecule has 5 nitrogen and oxygen atoms in total. The summed E-state index contributed by atoms with van der Waals surface area (Å²) in [5.41, 5.74) is 3.14. The van der Waals surface area contributed by atoms with Gasteiger partial charge in [0.15, 0.2) is 11.5 Å². The number of rotatable bonds is 3. The molecular formula is C20H22N2O3S. The molecule has 4 rings (SSSR count). The van der Waals surface area contributed by atoms with E-state index in [0.717, 1.165) is 35.0 Å². The van der Waals surface area contributed by atoms with E-state index in [-0.39, 0.29) is 18.2 Å². The molecule has 2 aliphatic heterocycles. The minimum Gasteiger partial charge on any atom is -0.454 e. The number of fused-ring (bicyclic) bond motifs is 1. The number of nitrogens with one attached hydrogen (secondary N) is 1. The SMILES string of the molecule is CC(C)c1ccc(NC(=O)N2CCSC2c2ccc3c(c2)OCO3)cc1. The van der Waals surface area contributed by atoms with Crippen LogP contribution in [0.15, 0.2) is 42.5 Å². The van der Waals surface area contributed by atoms with Crippen LogP contribution in [0.3, 0.4) is 0 Å². The Balaban J connectivity index is 1.48. The van der Waals surface area contributed by atoms with Crippen LogP contribution < -0.4 is 14.8 Å². The van der Waals surface area contributed by atoms with Crippen LogP contribution in [-0.2, 0) is 0 Å². The zero-order valence-corrected chi connectivity index (χ0v) is 15.7. The van der Waals surface area contributed by atoms with Crippen LogP contribution in [-0.4, -0.2) is 30.0 Å². The molecule has 0 aliphatic carbocycles. The van der Waals surface area contributed by atoms with Gasteiger partial charge in [-0.2, -0.15) is 0 Å². The van der Waals surface area contributed by atoms with Crippen LogP contribution in [0.5, 0.6) is 11.5 Å². The van der Waals surface area contributed by atoms with Crippen molar-refractivity contribution in [3.63, 3.8) is 0 Å². The Morgan fingerprint density at radius 2 is 1.92 bits per heavy atom. The lowest BCUT2D eigenvalue weighted by atomic mass is 10.0. The van der Waals surface area contributed by atoms with E-state index in [4.69, 9.17) is 9.47 Å². The van der Waals surface area contributed by atoms with E-state index in [0.29, 0.717) is 5.92 Å². The second-order valence-electron chi connectivity index (χ2n) is 6.74. The van der Waals surface area contributed by atoms with Crippen LogP contribution >= 0.6 is 11.8 Å². The summed E-state index contributed by atoms with van der Waals surface area (Å²) < 4.78 is 10.8. The summed E-state index contributed by atoms with van der Waals surface area (Å²) in [5, 5.41) is 3.01. The van der Waals surface area contributed by atoms with E-state index in [1.54, 1.807) is 11.8 Å². The molecule has 1 fully saturated rings. The topological polar surface area (TPSA) is 50.8 Å². The molecule has 1 atom stereocenters. The fourth-order valence-electron chi connectivity index (χ4n) is 3.17. The predicted octanol–water partition coefficient (Wildman–Crippen LogP) is 4.82. The molecule has 0 saturated carbocycles. The summed E-state index contributed by atoms with van der Waals surface area (Å²) in [4.78, 5) is 14.7. The first-order valence-electron chi connectivity index (χ1n) is 8.80. The van der Waals surface area contributed by atoms with Crippen molar-refractivity contribution in [3.05, 3.63) is 53.6 Å². The quantitative estimate of drug-likeness (QED) is 0.842. The summed E-state index contributed by atoms with van der Waals surface area (Å²) in [7, 11) is 0. The molecule has 0 spiro atoms. The highest BCUT2D eigenvalue weighted by molar-refractivity contribution is 7.99. The number of anilines is 1. The zero-order chi connectivity index (χ0) is 18.1. The number of hydrogen-bond donors (Lipinski definition) is 1. The number of ether oxygens (including phenoxy) is 2. The van der Waals surface area contributed by atoms with Gasteiger partial charge in [-0.25, -0.2) is 4.79 Å². The van der Waals surface area contributed by atoms with Crippen LogP contribution in [0.25, 0.3) is 0 Å². The van der Waals surface area contributed by atoms with Gasteiger partial charge in [0, 0.05) is 18.0 Å². The lowest BCUT2D eigenvalue weighted by molar-refractivity contribution is 0.174. The van der Waals surface area contributed by atoms with Crippen molar-refractivity contribution in [1.29, 1.82) is 0 Å². The molecule has 26 heavy (non-hydrogen) atoms. The van der Waals surface area contributed by atoms with Crippen molar-refractivity contribution in [2.45, 2.75) is 25.1 Å². The number of amides is 2. The van der Waals surface area contributed by atoms with Crippen molar-refractivity contribution in [1.82, 2.24) is 4.90 Å². The zero-order valence-electron chi connectivity index (χ0n) is 14.9. The Kier molecular flexibility index (Phi) is 4.68. The molecule has 2 aromatic rings. The van der Waals surface area contributed by atoms with Gasteiger partial charge in [0.2, 0.25) is 6.79 Å². The van der Waals surface area contributed by atoms with Gasteiger partial charge in [0.05, 0.1) is 0 Å². The van der Waals surface area contributed by atoms with Crippen molar-refractivity contribution in [3.8, 4) is 11.5 Å². The predicted molar refractivity (Wildman–Crippen MR) is 104 cm³/mol. The molecule has 2 amide bonds. The molecule has 1 N–H and O–H groups in total. The maximum absolute atomic E-state index is 12.8. The maximum atomic E-state index is 12.8. The molecule has 2 heterocycles. The van der Waals surface area contributed by atoms with E-state index in [2.05, 4.69) is 31.3 Å². The van der Waals surface area contributed by atoms with Gasteiger partial charge in [0.25, 0.3) is 0 Å². The van der Waals surface area contributed by atoms with Gasteiger partial charge in [-0.1, -0.05) is 32.0 Å². The average molecular weight is 370 g/mol. The van der Waals surface area contributed by atoms with Gasteiger partial charge >= 0.3 is 6.03 Å². The fourth-order valence-corrected chi connectivity index (χ4v) is 4.41. The Bertz CT molecular complexity index is 807. The summed E-state index contributed by atoms with van der Waals surface area (Å²) in [6.07, 6.45) is 0. The molecule has 1 saturated heterocycles. The highest BCUT2D eigenvalue weighted by Gasteiger charge is 2.31. The number of hydrogen-bond acceptors (Lipinski definition) is 4. The second kappa shape index (κ2) is 7.11. The van der Waals surface area contributed by atoms with Gasteiger partial charge in [0.1, 0.15) is 5.37 Å². The third kappa shape index (κ3) is 3.33. The third-order valence-corrected chi connectivity index (χ3v) is 5.92. The molecule has 0 bridgehead atoms. The molecular weight excluding hydrogens is 348 g/mol. The number of thioether (sulfide) groups is 1. The van der Waals surface area contributed by atoms with Crippen molar-refractivity contribution >= 4 is 23.5 Å². The van der Waals surface area contributed by atoms with Gasteiger partial charge < -0.3 is 19.7 Å². The molecule has 136 valence electrons. The minimum atomic E-state index is -0.0741. The summed E-state index contributed by atoms with van der Waals surface area (Å²) in [5.74, 6) is 2.90. The monoisotopic (exact) mass is 370 g/mol. The number of carbonyl (C=O) groups is 1. The first kappa shape index (κ1) is 17.1. The first-order valence-corrected chi connectivity index (χ1v) is 9.85. The van der Waals surface area contributed by atoms with E-state index in [1.165, 1.54) is 5.56 Å². The molecule has 0 radical (unpaired) electrons. The second-order valence-corrected chi connectivity index (χ2v) is 7.92. The Hall–Kier alpha value is -2.34. The van der Waals surface area contributed by atoms with E-state index < -0.39 is 0 Å². The van der Waals surface area contributed by atoms with Crippen molar-refractivity contribution in [2.75, 3.05) is 24.4 Å². The molecule has 2 aliphatic rings. The Labute approximate surface area is 157 Å². The lowest BCUT2D eigenvalue weighted by Crippen LogP contribution is -2.34. The standard InChI is InChI=1S/C20H22N2O3S/c1-13(2)14-3-6-16(7-4-14)21-20(23)22-9-10-26-19(22)15-5-8-17-18(11-15)25-12-24-17/h3-8,11,13,19H,9-10,12H2,1-2H3,(H,21,23). The maximum Gasteiger partial charge on any atom is 0.323 e. The van der Waals surface area contributed by atoms with Crippen molar-refractivity contribution < 1.29 is 14.3 Å². The fraction of sp³-hybridized carbons (Fsp3) is 0.350. The van der Waals surface area contributed by atoms with Crippen molar-refractivity contribution in [2.24, 2.45) is 0 Å². The number of nitrogens with zero attached hydrogens (tertiary/aromatic N) is 1. The van der Waals surface area contributed by atoms with Crippen LogP contribution in [0.2, 0.25) is 0 Å². The summed E-state index contributed by atoms with van der Waals surface area (Å²) in [6.45, 7) is 5.29. The lowest BCUT2D eigenvalue weighted by Gasteiger charge is -2.24. The summed E-state index contributed by atoms with van der Waals surface area (Å²) in [6, 6.07) is 13.9. The number of carbonyl (C=O) groups excluding carboxylic acids is 1. The largest absolute Gasteiger partial charge is 0.454 e. The molecule has 6 heteroatoms. The first-order chi connectivity index (χ1) is 12.6. The van der Waals surface area contributed by atoms with Crippen LogP contribution in [0.1, 0.15) is 36.3 Å². The highest BCUT2D eigenvalue weighted by Crippen LogP contribution is 2.42. The van der Waals surface area contributed by atoms with E-state index in [1.807, 2.05) is 35.2 Å². The smallest absolute Gasteiger partial charge is 0.323 e. The van der Waals surface area contributed by atoms with E-state index >= 15 is 0 Å². The summed E-state index contributed by atoms with van der Waals surface area (Å²) >= 11 is 1.76. The Morgan fingerprint density at radius 1 is 1.15 bits per heavy atom. The Morgan fingerprint density at radius 3 is 2.69 bits per heavy atom. The highest BCUT2D eigenvalue weighted by atomic mass is 32.2. The van der Waals surface area contributed by atoms with Crippen LogP contribution in [0, 0.1) is 0 Å². The van der Waals surface area contributed by atoms with Gasteiger partial charge in [-0.05, 0) is 41.3 Å².